The van der Waals surface area contributed by atoms with E-state index in [1.54, 1.807) is 54.6 Å². The van der Waals surface area contributed by atoms with E-state index < -0.39 is 41.1 Å². The van der Waals surface area contributed by atoms with Crippen molar-refractivity contribution >= 4 is 75.8 Å². The van der Waals surface area contributed by atoms with Crippen molar-refractivity contribution < 1.29 is 22.4 Å². The van der Waals surface area contributed by atoms with Gasteiger partial charge in [0, 0.05) is 37.5 Å². The number of halogens is 8. The van der Waals surface area contributed by atoms with E-state index in [1.165, 1.54) is 24.3 Å². The van der Waals surface area contributed by atoms with Crippen LogP contribution in [0.5, 0.6) is 0 Å². The zero-order valence-corrected chi connectivity index (χ0v) is 31.1. The van der Waals surface area contributed by atoms with Gasteiger partial charge in [-0.05, 0) is 72.8 Å². The lowest BCUT2D eigenvalue weighted by atomic mass is 9.94. The summed E-state index contributed by atoms with van der Waals surface area (Å²) >= 11 is 26.7. The average Bonchev–Trinajstić information content (AvgIpc) is 3.12. The molecule has 0 spiro atoms. The van der Waals surface area contributed by atoms with E-state index in [-0.39, 0.29) is 25.5 Å². The number of nitrogens with zero attached hydrogens (tertiary/aromatic N) is 5. The second kappa shape index (κ2) is 18.1. The Morgan fingerprint density at radius 2 is 1.06 bits per heavy atom. The molecule has 0 aliphatic rings. The van der Waals surface area contributed by atoms with Crippen molar-refractivity contribution in [1.82, 2.24) is 20.4 Å². The number of amides is 1. The molecule has 0 saturated carbocycles. The van der Waals surface area contributed by atoms with Gasteiger partial charge in [-0.2, -0.15) is 5.10 Å². The second-order valence-electron chi connectivity index (χ2n) is 10.6. The molecule has 6 rings (SSSR count). The summed E-state index contributed by atoms with van der Waals surface area (Å²) < 4.78 is 53.4. The Kier molecular flexibility index (Phi) is 13.6. The van der Waals surface area contributed by atoms with Crippen molar-refractivity contribution in [2.24, 2.45) is 5.73 Å². The highest BCUT2D eigenvalue weighted by atomic mass is 35.5. The standard InChI is InChI=1S/C18H11Cl2F2N3OS.C18H9Cl2F2N3S/c19-10-2-1-3-11(20)16(10)17(18(23)26)13-5-7-15(25-24-13)27-14-6-4-9(21)8-12(14)22;1-23-18(17-11(19)3-2-4-12(17)20)14-6-8-16(25-24-14)26-15-7-5-10(21)9-13(15)22/h1-8,17H,(H2,23,26);2-9,18H. The van der Waals surface area contributed by atoms with Gasteiger partial charge in [-0.25, -0.2) is 24.1 Å². The van der Waals surface area contributed by atoms with E-state index in [4.69, 9.17) is 58.7 Å². The molecule has 4 aromatic carbocycles. The number of aromatic nitrogens is 4. The Hall–Kier alpha value is -4.42. The van der Waals surface area contributed by atoms with Crippen LogP contribution in [0.3, 0.4) is 0 Å². The predicted octanol–water partition coefficient (Wildman–Crippen LogP) is 11.1. The van der Waals surface area contributed by atoms with Gasteiger partial charge >= 0.3 is 0 Å². The van der Waals surface area contributed by atoms with E-state index >= 15 is 0 Å². The first-order chi connectivity index (χ1) is 25.4. The maximum Gasteiger partial charge on any atom is 0.295 e. The Morgan fingerprint density at radius 3 is 1.43 bits per heavy atom. The summed E-state index contributed by atoms with van der Waals surface area (Å²) in [6, 6.07) is 21.9. The molecule has 2 unspecified atom stereocenters. The maximum absolute atomic E-state index is 13.8. The van der Waals surface area contributed by atoms with Crippen LogP contribution < -0.4 is 5.73 Å². The highest BCUT2D eigenvalue weighted by molar-refractivity contribution is 7.99. The molecule has 0 saturated heterocycles. The molecular formula is C36H20Cl4F4N6OS2. The van der Waals surface area contributed by atoms with E-state index in [0.29, 0.717) is 36.9 Å². The number of hydrogen-bond donors (Lipinski definition) is 1. The third kappa shape index (κ3) is 9.97. The third-order valence-electron chi connectivity index (χ3n) is 7.09. The molecule has 2 heterocycles. The van der Waals surface area contributed by atoms with Gasteiger partial charge in [-0.15, -0.1) is 15.3 Å². The summed E-state index contributed by atoms with van der Waals surface area (Å²) in [7, 11) is 0. The molecule has 17 heteroatoms. The first-order valence-corrected chi connectivity index (χ1v) is 18.0. The van der Waals surface area contributed by atoms with Crippen LogP contribution in [-0.4, -0.2) is 26.3 Å². The number of benzene rings is 4. The van der Waals surface area contributed by atoms with Gasteiger partial charge < -0.3 is 10.6 Å². The Morgan fingerprint density at radius 1 is 0.623 bits per heavy atom. The Bertz CT molecular complexity index is 2280. The summed E-state index contributed by atoms with van der Waals surface area (Å²) in [4.78, 5) is 16.0. The molecule has 2 atom stereocenters. The number of rotatable bonds is 9. The van der Waals surface area contributed by atoms with Crippen molar-refractivity contribution in [3.8, 4) is 0 Å². The van der Waals surface area contributed by atoms with Gasteiger partial charge in [0.2, 0.25) is 5.91 Å². The topological polar surface area (TPSA) is 99.0 Å². The van der Waals surface area contributed by atoms with Gasteiger partial charge in [0.1, 0.15) is 44.9 Å². The lowest BCUT2D eigenvalue weighted by molar-refractivity contribution is -0.118. The summed E-state index contributed by atoms with van der Waals surface area (Å²) in [5, 5.41) is 18.1. The van der Waals surface area contributed by atoms with E-state index in [9.17, 15) is 22.4 Å². The first kappa shape index (κ1) is 39.8. The molecule has 1 amide bonds. The Balaban J connectivity index is 0.000000204. The van der Waals surface area contributed by atoms with Crippen molar-refractivity contribution in [1.29, 1.82) is 0 Å². The number of hydrogen-bond acceptors (Lipinski definition) is 7. The fraction of sp³-hybridized carbons (Fsp3) is 0.0556. The number of carbonyl (C=O) groups excluding carboxylic acids is 1. The minimum absolute atomic E-state index is 0.194. The van der Waals surface area contributed by atoms with Crippen LogP contribution in [-0.2, 0) is 4.79 Å². The van der Waals surface area contributed by atoms with Crippen LogP contribution in [0.1, 0.15) is 34.5 Å². The zero-order valence-electron chi connectivity index (χ0n) is 26.5. The minimum Gasteiger partial charge on any atom is -0.369 e. The molecular weight excluding hydrogens is 814 g/mol. The fourth-order valence-electron chi connectivity index (χ4n) is 4.68. The van der Waals surface area contributed by atoms with E-state index in [1.807, 2.05) is 0 Å². The maximum atomic E-state index is 13.8. The van der Waals surface area contributed by atoms with E-state index in [2.05, 4.69) is 25.2 Å². The van der Waals surface area contributed by atoms with Crippen molar-refractivity contribution in [2.45, 2.75) is 31.8 Å². The zero-order chi connectivity index (χ0) is 38.2. The van der Waals surface area contributed by atoms with Gasteiger partial charge in [-0.1, -0.05) is 82.1 Å². The van der Waals surface area contributed by atoms with Crippen molar-refractivity contribution in [3.63, 3.8) is 0 Å². The van der Waals surface area contributed by atoms with Crippen LogP contribution in [0.4, 0.5) is 17.6 Å². The largest absolute Gasteiger partial charge is 0.369 e. The molecule has 0 radical (unpaired) electrons. The van der Waals surface area contributed by atoms with Crippen LogP contribution in [0.25, 0.3) is 4.85 Å². The molecule has 2 aromatic heterocycles. The number of primary amides is 1. The summed E-state index contributed by atoms with van der Waals surface area (Å²) in [5.74, 6) is -4.37. The number of nitrogens with two attached hydrogens (primary N) is 1. The first-order valence-electron chi connectivity index (χ1n) is 14.8. The molecule has 2 N–H and O–H groups in total. The van der Waals surface area contributed by atoms with Crippen molar-refractivity contribution in [2.75, 3.05) is 0 Å². The van der Waals surface area contributed by atoms with Crippen LogP contribution in [0.15, 0.2) is 117 Å². The third-order valence-corrected chi connectivity index (χ3v) is 10.4. The predicted molar refractivity (Wildman–Crippen MR) is 197 cm³/mol. The normalized spacial score (nSPS) is 11.9. The molecule has 0 aliphatic heterocycles. The molecule has 0 fully saturated rings. The minimum atomic E-state index is -0.986. The smallest absolute Gasteiger partial charge is 0.295 e. The number of carbonyl (C=O) groups is 1. The highest BCUT2D eigenvalue weighted by Gasteiger charge is 2.28. The summed E-state index contributed by atoms with van der Waals surface area (Å²) in [6.45, 7) is 7.46. The lowest BCUT2D eigenvalue weighted by Crippen LogP contribution is -2.24. The molecule has 0 aliphatic carbocycles. The quantitative estimate of drug-likeness (QED) is 0.114. The SMILES string of the molecule is NC(=O)C(c1ccc(Sc2ccc(F)cc2F)nn1)c1c(Cl)cccc1Cl.[C-]#[N+]C(c1ccc(Sc2ccc(F)cc2F)nn1)c1c(Cl)cccc1Cl. The Labute approximate surface area is 328 Å². The van der Waals surface area contributed by atoms with Gasteiger partial charge in [0.05, 0.1) is 21.3 Å². The molecule has 7 nitrogen and oxygen atoms in total. The van der Waals surface area contributed by atoms with Crippen molar-refractivity contribution in [3.05, 3.63) is 174 Å². The average molecular weight is 835 g/mol. The highest BCUT2D eigenvalue weighted by Crippen LogP contribution is 2.38. The monoisotopic (exact) mass is 832 g/mol. The molecule has 53 heavy (non-hydrogen) atoms. The van der Waals surface area contributed by atoms with Gasteiger partial charge in [-0.3, -0.25) is 4.79 Å². The van der Waals surface area contributed by atoms with Crippen LogP contribution >= 0.6 is 69.9 Å². The van der Waals surface area contributed by atoms with Gasteiger partial charge in [0.25, 0.3) is 6.04 Å². The second-order valence-corrected chi connectivity index (χ2v) is 14.3. The van der Waals surface area contributed by atoms with Crippen LogP contribution in [0, 0.1) is 29.8 Å². The van der Waals surface area contributed by atoms with Gasteiger partial charge in [0.15, 0.2) is 0 Å². The summed E-state index contributed by atoms with van der Waals surface area (Å²) in [5.41, 5.74) is 6.95. The molecule has 0 bridgehead atoms. The fourth-order valence-corrected chi connectivity index (χ4v) is 7.37. The lowest BCUT2D eigenvalue weighted by Gasteiger charge is -2.16. The van der Waals surface area contributed by atoms with E-state index in [0.717, 1.165) is 41.7 Å². The molecule has 6 aromatic rings. The van der Waals surface area contributed by atoms with Crippen LogP contribution in [0.2, 0.25) is 20.1 Å². The summed E-state index contributed by atoms with van der Waals surface area (Å²) in [6.07, 6.45) is 0. The molecule has 268 valence electrons.